The van der Waals surface area contributed by atoms with Gasteiger partial charge < -0.3 is 30.7 Å². The Kier molecular flexibility index (Phi) is 6.36. The van der Waals surface area contributed by atoms with Crippen LogP contribution >= 0.6 is 15.9 Å². The highest BCUT2D eigenvalue weighted by Crippen LogP contribution is 2.34. The first-order chi connectivity index (χ1) is 15.7. The summed E-state index contributed by atoms with van der Waals surface area (Å²) in [6, 6.07) is 5.67. The SMILES string of the molecule is CN(C)c1ccc(/C=N\Nc2nc3c(=O)[nH]c(N)nc3n2[C@@H]2O[C@H](CO)[C@H](O)[C@H]2O)cc1Br. The Morgan fingerprint density at radius 3 is 2.76 bits per heavy atom. The summed E-state index contributed by atoms with van der Waals surface area (Å²) in [5, 5.41) is 34.3. The van der Waals surface area contributed by atoms with Crippen LogP contribution in [0.2, 0.25) is 0 Å². The number of imidazole rings is 1. The third kappa shape index (κ3) is 4.30. The van der Waals surface area contributed by atoms with Crippen LogP contribution in [0.15, 0.2) is 32.6 Å². The molecule has 1 aromatic carbocycles. The number of hydrogen-bond acceptors (Lipinski definition) is 11. The Hall–Kier alpha value is -3.04. The van der Waals surface area contributed by atoms with Crippen molar-refractivity contribution in [2.75, 3.05) is 36.8 Å². The van der Waals surface area contributed by atoms with Gasteiger partial charge in [0.15, 0.2) is 17.4 Å². The molecule has 13 nitrogen and oxygen atoms in total. The number of H-pyrrole nitrogens is 1. The summed E-state index contributed by atoms with van der Waals surface area (Å²) in [6.45, 7) is -0.518. The number of aromatic amines is 1. The van der Waals surface area contributed by atoms with Gasteiger partial charge in [-0.15, -0.1) is 0 Å². The average molecular weight is 523 g/mol. The molecule has 176 valence electrons. The van der Waals surface area contributed by atoms with Crippen molar-refractivity contribution in [3.05, 3.63) is 38.6 Å². The number of halogens is 1. The van der Waals surface area contributed by atoms with Gasteiger partial charge >= 0.3 is 0 Å². The maximum Gasteiger partial charge on any atom is 0.280 e. The molecule has 2 aromatic heterocycles. The quantitative estimate of drug-likeness (QED) is 0.183. The van der Waals surface area contributed by atoms with E-state index in [0.717, 1.165) is 15.7 Å². The van der Waals surface area contributed by atoms with Crippen LogP contribution in [0.5, 0.6) is 0 Å². The zero-order chi connectivity index (χ0) is 23.9. The molecule has 7 N–H and O–H groups in total. The minimum atomic E-state index is -1.43. The number of aliphatic hydroxyl groups excluding tert-OH is 3. The number of rotatable bonds is 6. The van der Waals surface area contributed by atoms with Gasteiger partial charge in [-0.1, -0.05) is 6.07 Å². The van der Waals surface area contributed by atoms with Gasteiger partial charge in [-0.25, -0.2) is 10.4 Å². The van der Waals surface area contributed by atoms with Gasteiger partial charge in [0.2, 0.25) is 11.9 Å². The molecule has 1 fully saturated rings. The first-order valence-electron chi connectivity index (χ1n) is 9.87. The van der Waals surface area contributed by atoms with Gasteiger partial charge in [0.1, 0.15) is 18.3 Å². The van der Waals surface area contributed by atoms with Gasteiger partial charge in [0.05, 0.1) is 18.5 Å². The molecule has 1 aliphatic heterocycles. The first kappa shape index (κ1) is 23.1. The lowest BCUT2D eigenvalue weighted by Gasteiger charge is -2.18. The number of anilines is 3. The first-order valence-corrected chi connectivity index (χ1v) is 10.7. The molecule has 0 unspecified atom stereocenters. The second-order valence-electron chi connectivity index (χ2n) is 7.63. The zero-order valence-electron chi connectivity index (χ0n) is 17.7. The van der Waals surface area contributed by atoms with Gasteiger partial charge in [-0.3, -0.25) is 14.3 Å². The molecule has 1 aliphatic rings. The monoisotopic (exact) mass is 522 g/mol. The number of nitrogens with one attached hydrogen (secondary N) is 2. The summed E-state index contributed by atoms with van der Waals surface area (Å²) in [5.41, 5.74) is 9.52. The number of aromatic nitrogens is 4. The van der Waals surface area contributed by atoms with E-state index in [9.17, 15) is 20.1 Å². The van der Waals surface area contributed by atoms with Crippen molar-refractivity contribution in [3.8, 4) is 0 Å². The summed E-state index contributed by atoms with van der Waals surface area (Å²) >= 11 is 3.52. The van der Waals surface area contributed by atoms with Crippen molar-refractivity contribution < 1.29 is 20.1 Å². The highest BCUT2D eigenvalue weighted by Gasteiger charge is 2.45. The minimum Gasteiger partial charge on any atom is -0.394 e. The van der Waals surface area contributed by atoms with Crippen LogP contribution in [-0.4, -0.2) is 80.1 Å². The number of nitrogen functional groups attached to an aromatic ring is 1. The van der Waals surface area contributed by atoms with Crippen LogP contribution in [0, 0.1) is 0 Å². The highest BCUT2D eigenvalue weighted by atomic mass is 79.9. The van der Waals surface area contributed by atoms with Gasteiger partial charge in [0, 0.05) is 18.6 Å². The predicted molar refractivity (Wildman–Crippen MR) is 125 cm³/mol. The van der Waals surface area contributed by atoms with Crippen LogP contribution in [0.4, 0.5) is 17.6 Å². The topological polar surface area (TPSA) is 187 Å². The normalized spacial score (nSPS) is 23.0. The number of fused-ring (bicyclic) bond motifs is 1. The lowest BCUT2D eigenvalue weighted by Crippen LogP contribution is -2.33. The third-order valence-electron chi connectivity index (χ3n) is 5.17. The van der Waals surface area contributed by atoms with Crippen molar-refractivity contribution in [1.82, 2.24) is 19.5 Å². The molecule has 1 saturated heterocycles. The summed E-state index contributed by atoms with van der Waals surface area (Å²) in [5.74, 6) is -0.148. The summed E-state index contributed by atoms with van der Waals surface area (Å²) in [6.07, 6.45) is -3.49. The summed E-state index contributed by atoms with van der Waals surface area (Å²) < 4.78 is 7.75. The molecule has 0 bridgehead atoms. The van der Waals surface area contributed by atoms with E-state index in [1.165, 1.54) is 10.8 Å². The molecule has 0 radical (unpaired) electrons. The van der Waals surface area contributed by atoms with Crippen molar-refractivity contribution in [1.29, 1.82) is 0 Å². The molecule has 3 heterocycles. The molecule has 0 spiro atoms. The van der Waals surface area contributed by atoms with Crippen molar-refractivity contribution in [2.24, 2.45) is 5.10 Å². The van der Waals surface area contributed by atoms with Gasteiger partial charge in [0.25, 0.3) is 5.56 Å². The molecular weight excluding hydrogens is 500 g/mol. The van der Waals surface area contributed by atoms with E-state index >= 15 is 0 Å². The van der Waals surface area contributed by atoms with E-state index in [4.69, 9.17) is 10.5 Å². The predicted octanol–water partition coefficient (Wildman–Crippen LogP) is -0.412. The Morgan fingerprint density at radius 1 is 1.36 bits per heavy atom. The highest BCUT2D eigenvalue weighted by molar-refractivity contribution is 9.10. The molecular formula is C19H23BrN8O5. The van der Waals surface area contributed by atoms with E-state index in [-0.39, 0.29) is 23.1 Å². The van der Waals surface area contributed by atoms with Gasteiger partial charge in [-0.2, -0.15) is 10.1 Å². The lowest BCUT2D eigenvalue weighted by atomic mass is 10.1. The fourth-order valence-corrected chi connectivity index (χ4v) is 4.30. The number of aliphatic hydroxyl groups is 3. The fraction of sp³-hybridized carbons (Fsp3) is 0.368. The fourth-order valence-electron chi connectivity index (χ4n) is 3.54. The Balaban J connectivity index is 1.71. The molecule has 0 saturated carbocycles. The number of ether oxygens (including phenoxy) is 1. The smallest absolute Gasteiger partial charge is 0.280 e. The van der Waals surface area contributed by atoms with Crippen molar-refractivity contribution >= 4 is 50.9 Å². The second kappa shape index (κ2) is 9.07. The Morgan fingerprint density at radius 2 is 2.12 bits per heavy atom. The molecule has 4 atom stereocenters. The standard InChI is InChI=1S/C19H23BrN8O5/c1-27(2)10-4-3-8(5-9(10)20)6-22-26-19-23-12-15(24-18(21)25-16(12)32)28(19)17-14(31)13(30)11(7-29)33-17/h3-6,11,13-14,17,29-31H,7H2,1-2H3,(H,23,26)(H3,21,24,25,32)/b22-6-/t11-,13+,14-,17-/m1/s1. The average Bonchev–Trinajstić information content (AvgIpc) is 3.25. The third-order valence-corrected chi connectivity index (χ3v) is 5.81. The maximum atomic E-state index is 12.3. The maximum absolute atomic E-state index is 12.3. The van der Waals surface area contributed by atoms with E-state index in [1.807, 2.05) is 37.2 Å². The van der Waals surface area contributed by atoms with Crippen LogP contribution in [0.1, 0.15) is 11.8 Å². The molecule has 14 heteroatoms. The van der Waals surface area contributed by atoms with Crippen LogP contribution in [0.3, 0.4) is 0 Å². The number of nitrogens with zero attached hydrogens (tertiary/aromatic N) is 5. The molecule has 0 amide bonds. The number of hydrogen-bond donors (Lipinski definition) is 6. The molecule has 3 aromatic rings. The molecule has 0 aliphatic carbocycles. The largest absolute Gasteiger partial charge is 0.394 e. The molecule has 4 rings (SSSR count). The van der Waals surface area contributed by atoms with E-state index in [1.54, 1.807) is 0 Å². The van der Waals surface area contributed by atoms with Gasteiger partial charge in [-0.05, 0) is 33.6 Å². The number of hydrazone groups is 1. The summed E-state index contributed by atoms with van der Waals surface area (Å²) in [7, 11) is 3.86. The van der Waals surface area contributed by atoms with Crippen molar-refractivity contribution in [2.45, 2.75) is 24.5 Å². The zero-order valence-corrected chi connectivity index (χ0v) is 19.3. The van der Waals surface area contributed by atoms with Crippen molar-refractivity contribution in [3.63, 3.8) is 0 Å². The summed E-state index contributed by atoms with van der Waals surface area (Å²) in [4.78, 5) is 25.0. The van der Waals surface area contributed by atoms with E-state index in [2.05, 4.69) is 41.4 Å². The van der Waals surface area contributed by atoms with Crippen LogP contribution < -0.4 is 21.6 Å². The lowest BCUT2D eigenvalue weighted by molar-refractivity contribution is -0.0501. The Bertz CT molecular complexity index is 1260. The number of nitrogens with two attached hydrogens (primary N) is 1. The van der Waals surface area contributed by atoms with E-state index in [0.29, 0.717) is 0 Å². The number of benzene rings is 1. The van der Waals surface area contributed by atoms with E-state index < -0.39 is 36.7 Å². The Labute approximate surface area is 195 Å². The molecule has 33 heavy (non-hydrogen) atoms. The second-order valence-corrected chi connectivity index (χ2v) is 8.49. The van der Waals surface area contributed by atoms with Crippen LogP contribution in [-0.2, 0) is 4.74 Å². The minimum absolute atomic E-state index is 0.0156. The van der Waals surface area contributed by atoms with Crippen LogP contribution in [0.25, 0.3) is 11.2 Å².